The SMILES string of the molecule is O=C1NCC(CN2CCN(S(=O)(=O)c3ccc(F)c(Cl)c3)CC2)O1. The van der Waals surface area contributed by atoms with Gasteiger partial charge in [0, 0.05) is 32.7 Å². The number of piperazine rings is 1. The number of nitrogens with one attached hydrogen (secondary N) is 1. The lowest BCUT2D eigenvalue weighted by atomic mass is 10.3. The van der Waals surface area contributed by atoms with E-state index >= 15 is 0 Å². The normalized spacial score (nSPS) is 23.1. The average molecular weight is 378 g/mol. The summed E-state index contributed by atoms with van der Waals surface area (Å²) in [5.74, 6) is -0.653. The molecule has 0 saturated carbocycles. The van der Waals surface area contributed by atoms with Crippen LogP contribution < -0.4 is 5.32 Å². The Labute approximate surface area is 144 Å². The first-order chi connectivity index (χ1) is 11.4. The van der Waals surface area contributed by atoms with Crippen LogP contribution in [0.15, 0.2) is 23.1 Å². The number of sulfonamides is 1. The zero-order valence-corrected chi connectivity index (χ0v) is 14.3. The Morgan fingerprint density at radius 2 is 2.00 bits per heavy atom. The molecule has 2 heterocycles. The molecule has 2 fully saturated rings. The summed E-state index contributed by atoms with van der Waals surface area (Å²) in [4.78, 5) is 13.0. The Morgan fingerprint density at radius 1 is 1.29 bits per heavy atom. The van der Waals surface area contributed by atoms with Crippen LogP contribution in [-0.4, -0.2) is 69.1 Å². The van der Waals surface area contributed by atoms with E-state index in [4.69, 9.17) is 16.3 Å². The maximum absolute atomic E-state index is 13.2. The molecule has 0 aromatic heterocycles. The molecular formula is C14H17ClFN3O4S. The second-order valence-corrected chi connectivity index (χ2v) is 8.03. The van der Waals surface area contributed by atoms with Crippen molar-refractivity contribution in [2.75, 3.05) is 39.3 Å². The summed E-state index contributed by atoms with van der Waals surface area (Å²) < 4.78 is 44.8. The van der Waals surface area contributed by atoms with Crippen LogP contribution in [0, 0.1) is 5.82 Å². The van der Waals surface area contributed by atoms with Crippen molar-refractivity contribution in [1.29, 1.82) is 0 Å². The van der Waals surface area contributed by atoms with Crippen molar-refractivity contribution in [3.8, 4) is 0 Å². The Bertz CT molecular complexity index is 738. The standard InChI is InChI=1S/C14H17ClFN3O4S/c15-12-7-11(1-2-13(12)16)24(21,22)19-5-3-18(4-6-19)9-10-8-17-14(20)23-10/h1-2,7,10H,3-6,8-9H2,(H,17,20). The van der Waals surface area contributed by atoms with Gasteiger partial charge in [-0.15, -0.1) is 0 Å². The first-order valence-corrected chi connectivity index (χ1v) is 9.30. The Morgan fingerprint density at radius 3 is 2.58 bits per heavy atom. The molecule has 0 radical (unpaired) electrons. The molecule has 3 rings (SSSR count). The highest BCUT2D eigenvalue weighted by Gasteiger charge is 2.31. The van der Waals surface area contributed by atoms with Crippen molar-refractivity contribution < 1.29 is 22.3 Å². The second kappa shape index (κ2) is 6.83. The van der Waals surface area contributed by atoms with E-state index in [-0.39, 0.29) is 16.0 Å². The highest BCUT2D eigenvalue weighted by atomic mass is 35.5. The third kappa shape index (κ3) is 3.64. The lowest BCUT2D eigenvalue weighted by Crippen LogP contribution is -2.50. The van der Waals surface area contributed by atoms with E-state index < -0.39 is 21.9 Å². The van der Waals surface area contributed by atoms with Gasteiger partial charge in [0.05, 0.1) is 16.5 Å². The highest BCUT2D eigenvalue weighted by Crippen LogP contribution is 2.23. The minimum Gasteiger partial charge on any atom is -0.443 e. The molecule has 2 aliphatic rings. The number of halogens is 2. The summed E-state index contributed by atoms with van der Waals surface area (Å²) in [6, 6.07) is 3.39. The fourth-order valence-electron chi connectivity index (χ4n) is 2.76. The maximum Gasteiger partial charge on any atom is 0.407 e. The Hall–Kier alpha value is -1.42. The van der Waals surface area contributed by atoms with Crippen molar-refractivity contribution >= 4 is 27.7 Å². The van der Waals surface area contributed by atoms with E-state index in [0.29, 0.717) is 39.3 Å². The zero-order valence-electron chi connectivity index (χ0n) is 12.7. The molecule has 1 aromatic rings. The molecule has 2 aliphatic heterocycles. The van der Waals surface area contributed by atoms with Crippen molar-refractivity contribution in [3.63, 3.8) is 0 Å². The Kier molecular flexibility index (Phi) is 4.95. The van der Waals surface area contributed by atoms with E-state index in [1.54, 1.807) is 0 Å². The number of alkyl carbamates (subject to hydrolysis) is 1. The Balaban J connectivity index is 1.61. The molecule has 1 N–H and O–H groups in total. The minimum absolute atomic E-state index is 0.0173. The molecule has 0 bridgehead atoms. The van der Waals surface area contributed by atoms with Gasteiger partial charge in [-0.3, -0.25) is 4.90 Å². The van der Waals surface area contributed by atoms with E-state index in [9.17, 15) is 17.6 Å². The number of amides is 1. The summed E-state index contributed by atoms with van der Waals surface area (Å²) in [5, 5.41) is 2.37. The third-order valence-electron chi connectivity index (χ3n) is 4.07. The molecule has 1 atom stereocenters. The molecule has 10 heteroatoms. The predicted molar refractivity (Wildman–Crippen MR) is 84.9 cm³/mol. The highest BCUT2D eigenvalue weighted by molar-refractivity contribution is 7.89. The fourth-order valence-corrected chi connectivity index (χ4v) is 4.45. The quantitative estimate of drug-likeness (QED) is 0.843. The summed E-state index contributed by atoms with van der Waals surface area (Å²) in [6.07, 6.45) is -0.633. The molecule has 132 valence electrons. The number of benzene rings is 1. The summed E-state index contributed by atoms with van der Waals surface area (Å²) in [7, 11) is -3.70. The van der Waals surface area contributed by atoms with Crippen LogP contribution in [-0.2, 0) is 14.8 Å². The van der Waals surface area contributed by atoms with Gasteiger partial charge >= 0.3 is 6.09 Å². The lowest BCUT2D eigenvalue weighted by molar-refractivity contribution is 0.0936. The van der Waals surface area contributed by atoms with Gasteiger partial charge in [-0.1, -0.05) is 11.6 Å². The van der Waals surface area contributed by atoms with Gasteiger partial charge in [0.25, 0.3) is 0 Å². The van der Waals surface area contributed by atoms with Crippen LogP contribution in [0.3, 0.4) is 0 Å². The topological polar surface area (TPSA) is 79.0 Å². The molecule has 1 amide bonds. The lowest BCUT2D eigenvalue weighted by Gasteiger charge is -2.34. The van der Waals surface area contributed by atoms with E-state index in [1.807, 2.05) is 0 Å². The minimum atomic E-state index is -3.70. The first-order valence-electron chi connectivity index (χ1n) is 7.48. The smallest absolute Gasteiger partial charge is 0.407 e. The van der Waals surface area contributed by atoms with Crippen LogP contribution in [0.5, 0.6) is 0 Å². The summed E-state index contributed by atoms with van der Waals surface area (Å²) in [6.45, 7) is 2.71. The monoisotopic (exact) mass is 377 g/mol. The number of hydrogen-bond acceptors (Lipinski definition) is 5. The molecule has 1 aromatic carbocycles. The van der Waals surface area contributed by atoms with E-state index in [2.05, 4.69) is 10.2 Å². The molecule has 1 unspecified atom stereocenters. The van der Waals surface area contributed by atoms with Gasteiger partial charge in [-0.05, 0) is 18.2 Å². The van der Waals surface area contributed by atoms with Gasteiger partial charge in [-0.25, -0.2) is 17.6 Å². The van der Waals surface area contributed by atoms with Crippen LogP contribution in [0.2, 0.25) is 5.02 Å². The van der Waals surface area contributed by atoms with Gasteiger partial charge in [0.2, 0.25) is 10.0 Å². The van der Waals surface area contributed by atoms with Gasteiger partial charge < -0.3 is 10.1 Å². The van der Waals surface area contributed by atoms with Gasteiger partial charge in [0.1, 0.15) is 11.9 Å². The third-order valence-corrected chi connectivity index (χ3v) is 6.25. The number of carbonyl (C=O) groups excluding carboxylic acids is 1. The number of rotatable bonds is 4. The van der Waals surface area contributed by atoms with Crippen molar-refractivity contribution in [3.05, 3.63) is 29.0 Å². The molecule has 0 spiro atoms. The van der Waals surface area contributed by atoms with Crippen molar-refractivity contribution in [1.82, 2.24) is 14.5 Å². The van der Waals surface area contributed by atoms with E-state index in [1.165, 1.54) is 10.4 Å². The van der Waals surface area contributed by atoms with Crippen LogP contribution in [0.25, 0.3) is 0 Å². The molecule has 24 heavy (non-hydrogen) atoms. The number of hydrogen-bond donors (Lipinski definition) is 1. The molecule has 0 aliphatic carbocycles. The largest absolute Gasteiger partial charge is 0.443 e. The molecule has 7 nitrogen and oxygen atoms in total. The molecule has 2 saturated heterocycles. The first kappa shape index (κ1) is 17.4. The van der Waals surface area contributed by atoms with Crippen molar-refractivity contribution in [2.24, 2.45) is 0 Å². The van der Waals surface area contributed by atoms with Crippen LogP contribution >= 0.6 is 11.6 Å². The summed E-state index contributed by atoms with van der Waals surface area (Å²) >= 11 is 5.68. The number of carbonyl (C=O) groups is 1. The van der Waals surface area contributed by atoms with Crippen LogP contribution in [0.1, 0.15) is 0 Å². The van der Waals surface area contributed by atoms with Crippen LogP contribution in [0.4, 0.5) is 9.18 Å². The molecular weight excluding hydrogens is 361 g/mol. The van der Waals surface area contributed by atoms with Crippen molar-refractivity contribution in [2.45, 2.75) is 11.0 Å². The van der Waals surface area contributed by atoms with E-state index in [0.717, 1.165) is 12.1 Å². The van der Waals surface area contributed by atoms with Gasteiger partial charge in [-0.2, -0.15) is 4.31 Å². The average Bonchev–Trinajstić information content (AvgIpc) is 2.95. The maximum atomic E-state index is 13.2. The zero-order chi connectivity index (χ0) is 17.3. The number of nitrogens with zero attached hydrogens (tertiary/aromatic N) is 2. The number of cyclic esters (lactones) is 1. The predicted octanol–water partition coefficient (Wildman–Crippen LogP) is 0.894. The second-order valence-electron chi connectivity index (χ2n) is 5.69. The number of ether oxygens (including phenoxy) is 1. The summed E-state index contributed by atoms with van der Waals surface area (Å²) in [5.41, 5.74) is 0. The van der Waals surface area contributed by atoms with Gasteiger partial charge in [0.15, 0.2) is 0 Å². The fraction of sp³-hybridized carbons (Fsp3) is 0.500.